The fourth-order valence-electron chi connectivity index (χ4n) is 2.05. The Morgan fingerprint density at radius 3 is 2.58 bits per heavy atom. The van der Waals surface area contributed by atoms with Gasteiger partial charge >= 0.3 is 0 Å². The third kappa shape index (κ3) is 1.61. The van der Waals surface area contributed by atoms with Gasteiger partial charge < -0.3 is 9.47 Å². The molecule has 1 aliphatic heterocycles. The molecular formula is C9H15ClO2. The van der Waals surface area contributed by atoms with E-state index in [-0.39, 0.29) is 11.9 Å². The molecule has 0 aromatic carbocycles. The van der Waals surface area contributed by atoms with Crippen LogP contribution in [0.4, 0.5) is 0 Å². The van der Waals surface area contributed by atoms with Crippen LogP contribution < -0.4 is 0 Å². The number of hydrogen-bond donors (Lipinski definition) is 0. The van der Waals surface area contributed by atoms with Gasteiger partial charge in [-0.1, -0.05) is 6.42 Å². The Bertz CT molecular complexity index is 155. The summed E-state index contributed by atoms with van der Waals surface area (Å²) in [6.45, 7) is 0.684. The molecular weight excluding hydrogens is 176 g/mol. The van der Waals surface area contributed by atoms with Crippen LogP contribution in [0.5, 0.6) is 0 Å². The summed E-state index contributed by atoms with van der Waals surface area (Å²) in [7, 11) is 0. The van der Waals surface area contributed by atoms with Crippen LogP contribution in [0.2, 0.25) is 0 Å². The quantitative estimate of drug-likeness (QED) is 0.591. The Kier molecular flexibility index (Phi) is 2.58. The summed E-state index contributed by atoms with van der Waals surface area (Å²) in [6.07, 6.45) is 6.02. The molecule has 1 aliphatic carbocycles. The van der Waals surface area contributed by atoms with E-state index in [4.69, 9.17) is 21.1 Å². The highest BCUT2D eigenvalue weighted by atomic mass is 35.5. The highest BCUT2D eigenvalue weighted by molar-refractivity contribution is 6.18. The van der Waals surface area contributed by atoms with Crippen LogP contribution in [0.25, 0.3) is 0 Å². The summed E-state index contributed by atoms with van der Waals surface area (Å²) < 4.78 is 11.5. The molecule has 0 amide bonds. The van der Waals surface area contributed by atoms with Gasteiger partial charge in [-0.05, 0) is 12.8 Å². The average molecular weight is 191 g/mol. The van der Waals surface area contributed by atoms with E-state index in [1.54, 1.807) is 0 Å². The van der Waals surface area contributed by atoms with Gasteiger partial charge in [0.15, 0.2) is 5.79 Å². The van der Waals surface area contributed by atoms with Crippen LogP contribution in [0.1, 0.15) is 32.1 Å². The van der Waals surface area contributed by atoms with Crippen molar-refractivity contribution >= 4 is 11.6 Å². The first kappa shape index (κ1) is 8.79. The molecule has 1 heterocycles. The summed E-state index contributed by atoms with van der Waals surface area (Å²) in [5, 5.41) is 0. The maximum atomic E-state index is 5.78. The molecule has 3 heteroatoms. The molecule has 12 heavy (non-hydrogen) atoms. The van der Waals surface area contributed by atoms with Crippen molar-refractivity contribution in [1.29, 1.82) is 0 Å². The van der Waals surface area contributed by atoms with Gasteiger partial charge in [-0.2, -0.15) is 0 Å². The van der Waals surface area contributed by atoms with Gasteiger partial charge in [0.2, 0.25) is 0 Å². The molecule has 1 saturated heterocycles. The van der Waals surface area contributed by atoms with Gasteiger partial charge in [0, 0.05) is 12.8 Å². The van der Waals surface area contributed by atoms with E-state index in [1.807, 2.05) is 0 Å². The fourth-order valence-corrected chi connectivity index (χ4v) is 2.20. The first-order chi connectivity index (χ1) is 5.85. The highest BCUT2D eigenvalue weighted by Crippen LogP contribution is 2.37. The third-order valence-electron chi connectivity index (χ3n) is 2.70. The van der Waals surface area contributed by atoms with E-state index in [9.17, 15) is 0 Å². The first-order valence-electron chi connectivity index (χ1n) is 4.72. The second-order valence-electron chi connectivity index (χ2n) is 3.68. The summed E-state index contributed by atoms with van der Waals surface area (Å²) in [5.74, 6) is 0.319. The lowest BCUT2D eigenvalue weighted by molar-refractivity contribution is -0.185. The molecule has 1 spiro atoms. The Balaban J connectivity index is 1.94. The minimum atomic E-state index is -0.238. The van der Waals surface area contributed by atoms with Crippen molar-refractivity contribution in [3.63, 3.8) is 0 Å². The highest BCUT2D eigenvalue weighted by Gasteiger charge is 2.41. The molecule has 0 aromatic rings. The number of hydrogen-bond acceptors (Lipinski definition) is 2. The van der Waals surface area contributed by atoms with Crippen LogP contribution >= 0.6 is 11.6 Å². The second kappa shape index (κ2) is 3.52. The van der Waals surface area contributed by atoms with E-state index in [0.717, 1.165) is 12.8 Å². The largest absolute Gasteiger partial charge is 0.347 e. The third-order valence-corrected chi connectivity index (χ3v) is 3.05. The van der Waals surface area contributed by atoms with Gasteiger partial charge in [0.25, 0.3) is 0 Å². The Hall–Kier alpha value is 0.210. The predicted octanol–water partition coefficient (Wildman–Crippen LogP) is 2.30. The van der Waals surface area contributed by atoms with Gasteiger partial charge in [-0.25, -0.2) is 0 Å². The van der Waals surface area contributed by atoms with Crippen molar-refractivity contribution in [3.8, 4) is 0 Å². The first-order valence-corrected chi connectivity index (χ1v) is 5.26. The zero-order valence-electron chi connectivity index (χ0n) is 7.22. The molecule has 1 saturated carbocycles. The van der Waals surface area contributed by atoms with E-state index in [0.29, 0.717) is 12.5 Å². The molecule has 70 valence electrons. The van der Waals surface area contributed by atoms with E-state index < -0.39 is 0 Å². The molecule has 1 unspecified atom stereocenters. The normalized spacial score (nSPS) is 34.2. The summed E-state index contributed by atoms with van der Waals surface area (Å²) in [4.78, 5) is 0. The van der Waals surface area contributed by atoms with E-state index in [2.05, 4.69) is 0 Å². The lowest BCUT2D eigenvalue weighted by atomic mass is 9.94. The van der Waals surface area contributed by atoms with Gasteiger partial charge in [0.1, 0.15) is 0 Å². The molecule has 2 aliphatic rings. The predicted molar refractivity (Wildman–Crippen MR) is 47.4 cm³/mol. The van der Waals surface area contributed by atoms with Crippen LogP contribution in [0.3, 0.4) is 0 Å². The molecule has 0 bridgehead atoms. The molecule has 0 radical (unpaired) electrons. The monoisotopic (exact) mass is 190 g/mol. The number of halogens is 1. The van der Waals surface area contributed by atoms with Crippen molar-refractivity contribution in [3.05, 3.63) is 0 Å². The van der Waals surface area contributed by atoms with E-state index >= 15 is 0 Å². The molecule has 0 aromatic heterocycles. The zero-order chi connectivity index (χ0) is 8.44. The molecule has 1 atom stereocenters. The standard InChI is InChI=1S/C9H15ClO2/c10-6-8-7-11-9(12-8)4-2-1-3-5-9/h8H,1-7H2. The maximum absolute atomic E-state index is 5.78. The van der Waals surface area contributed by atoms with Gasteiger partial charge in [-0.3, -0.25) is 0 Å². The number of rotatable bonds is 1. The summed E-state index contributed by atoms with van der Waals surface area (Å²) in [6, 6.07) is 0. The maximum Gasteiger partial charge on any atom is 0.168 e. The Morgan fingerprint density at radius 1 is 1.25 bits per heavy atom. The lowest BCUT2D eigenvalue weighted by Crippen LogP contribution is -2.33. The smallest absolute Gasteiger partial charge is 0.168 e. The SMILES string of the molecule is ClCC1COC2(CCCCC2)O1. The van der Waals surface area contributed by atoms with Crippen molar-refractivity contribution in [1.82, 2.24) is 0 Å². The fraction of sp³-hybridized carbons (Fsp3) is 1.00. The lowest BCUT2D eigenvalue weighted by Gasteiger charge is -2.31. The van der Waals surface area contributed by atoms with Crippen molar-refractivity contribution in [2.75, 3.05) is 12.5 Å². The van der Waals surface area contributed by atoms with Crippen molar-refractivity contribution in [2.45, 2.75) is 44.0 Å². The Morgan fingerprint density at radius 2 is 2.00 bits per heavy atom. The summed E-state index contributed by atoms with van der Waals surface area (Å²) in [5.41, 5.74) is 0. The summed E-state index contributed by atoms with van der Waals surface area (Å²) >= 11 is 5.71. The number of alkyl halides is 1. The molecule has 2 rings (SSSR count). The molecule has 2 fully saturated rings. The second-order valence-corrected chi connectivity index (χ2v) is 3.99. The van der Waals surface area contributed by atoms with Crippen molar-refractivity contribution in [2.24, 2.45) is 0 Å². The van der Waals surface area contributed by atoms with Crippen LogP contribution in [-0.4, -0.2) is 24.4 Å². The zero-order valence-corrected chi connectivity index (χ0v) is 7.98. The van der Waals surface area contributed by atoms with Crippen molar-refractivity contribution < 1.29 is 9.47 Å². The topological polar surface area (TPSA) is 18.5 Å². The van der Waals surface area contributed by atoms with E-state index in [1.165, 1.54) is 19.3 Å². The van der Waals surface area contributed by atoms with Gasteiger partial charge in [0.05, 0.1) is 18.6 Å². The minimum Gasteiger partial charge on any atom is -0.347 e. The van der Waals surface area contributed by atoms with Crippen LogP contribution in [-0.2, 0) is 9.47 Å². The van der Waals surface area contributed by atoms with Crippen LogP contribution in [0, 0.1) is 0 Å². The Labute approximate surface area is 78.2 Å². The molecule has 0 N–H and O–H groups in total. The number of ether oxygens (including phenoxy) is 2. The average Bonchev–Trinajstić information content (AvgIpc) is 2.50. The molecule has 2 nitrogen and oxygen atoms in total. The van der Waals surface area contributed by atoms with Gasteiger partial charge in [-0.15, -0.1) is 11.6 Å². The van der Waals surface area contributed by atoms with Crippen LogP contribution in [0.15, 0.2) is 0 Å². The minimum absolute atomic E-state index is 0.129.